The molecule has 5 nitrogen and oxygen atoms in total. The minimum Gasteiger partial charge on any atom is -0.462 e. The van der Waals surface area contributed by atoms with Crippen molar-refractivity contribution in [3.8, 4) is 0 Å². The Balaban J connectivity index is 4.29. The molecule has 0 aliphatic carbocycles. The van der Waals surface area contributed by atoms with E-state index in [1.807, 2.05) is 0 Å². The highest BCUT2D eigenvalue weighted by atomic mass is 16.6. The van der Waals surface area contributed by atoms with E-state index in [4.69, 9.17) is 14.2 Å². The first kappa shape index (κ1) is 51.9. The Kier molecular flexibility index (Phi) is 43.5. The quantitative estimate of drug-likeness (QED) is 0.0353. The molecule has 0 aliphatic rings. The van der Waals surface area contributed by atoms with Gasteiger partial charge in [-0.3, -0.25) is 9.59 Å². The molecule has 0 amide bonds. The van der Waals surface area contributed by atoms with Gasteiger partial charge >= 0.3 is 11.9 Å². The van der Waals surface area contributed by atoms with Gasteiger partial charge in [-0.2, -0.15) is 0 Å². The van der Waals surface area contributed by atoms with E-state index in [-0.39, 0.29) is 25.2 Å². The van der Waals surface area contributed by atoms with Gasteiger partial charge in [0.15, 0.2) is 6.10 Å². The SMILES string of the molecule is CC/C=C\C/C=C\C/C=C\CCCCCCOCC(COC(=O)CCCCCCC/C=C\CCCCCC)OC(=O)CCCCCCCCCCCCC. The predicted molar refractivity (Wildman–Crippen MR) is 233 cm³/mol. The molecule has 0 N–H and O–H groups in total. The summed E-state index contributed by atoms with van der Waals surface area (Å²) in [4.78, 5) is 25.2. The first-order chi connectivity index (χ1) is 26.6. The van der Waals surface area contributed by atoms with Crippen LogP contribution in [0.2, 0.25) is 0 Å². The minimum absolute atomic E-state index is 0.0740. The highest BCUT2D eigenvalue weighted by molar-refractivity contribution is 5.70. The standard InChI is InChI=1S/C49H88O5/c1-4-7-10-13-16-19-22-24-26-29-32-35-38-41-44-52-45-47(54-49(51)43-40-37-34-31-27-21-18-15-12-9-6-3)46-53-48(50)42-39-36-33-30-28-25-23-20-17-14-11-8-5-2/h7,10,16,19-20,23-24,26,47H,4-6,8-9,11-15,17-18,21-22,25,27-46H2,1-3H3/b10-7-,19-16-,23-20-,26-24-. The summed E-state index contributed by atoms with van der Waals surface area (Å²) >= 11 is 0. The van der Waals surface area contributed by atoms with Gasteiger partial charge in [0.1, 0.15) is 6.61 Å². The van der Waals surface area contributed by atoms with Gasteiger partial charge in [0.25, 0.3) is 0 Å². The molecule has 5 heteroatoms. The van der Waals surface area contributed by atoms with Gasteiger partial charge in [-0.1, -0.05) is 185 Å². The Morgan fingerprint density at radius 3 is 1.37 bits per heavy atom. The molecule has 0 aromatic heterocycles. The second-order valence-electron chi connectivity index (χ2n) is 15.3. The summed E-state index contributed by atoms with van der Waals surface area (Å²) in [5.74, 6) is -0.416. The Bertz CT molecular complexity index is 904. The molecule has 54 heavy (non-hydrogen) atoms. The monoisotopic (exact) mass is 757 g/mol. The maximum atomic E-state index is 12.7. The Hall–Kier alpha value is -2.14. The molecule has 0 spiro atoms. The first-order valence-corrected chi connectivity index (χ1v) is 23.2. The van der Waals surface area contributed by atoms with Crippen LogP contribution in [0.4, 0.5) is 0 Å². The van der Waals surface area contributed by atoms with E-state index in [1.54, 1.807) is 0 Å². The van der Waals surface area contributed by atoms with Crippen molar-refractivity contribution < 1.29 is 23.8 Å². The summed E-state index contributed by atoms with van der Waals surface area (Å²) in [6.45, 7) is 7.65. The minimum atomic E-state index is -0.546. The van der Waals surface area contributed by atoms with Crippen LogP contribution in [0.5, 0.6) is 0 Å². The third-order valence-electron chi connectivity index (χ3n) is 9.85. The van der Waals surface area contributed by atoms with Crippen LogP contribution in [-0.4, -0.2) is 37.9 Å². The van der Waals surface area contributed by atoms with E-state index in [2.05, 4.69) is 69.4 Å². The lowest BCUT2D eigenvalue weighted by Crippen LogP contribution is -2.30. The molecule has 1 unspecified atom stereocenters. The lowest BCUT2D eigenvalue weighted by molar-refractivity contribution is -0.163. The van der Waals surface area contributed by atoms with Crippen molar-refractivity contribution in [3.05, 3.63) is 48.6 Å². The lowest BCUT2D eigenvalue weighted by Gasteiger charge is -2.18. The molecule has 0 fully saturated rings. The second kappa shape index (κ2) is 45.3. The van der Waals surface area contributed by atoms with Crippen molar-refractivity contribution >= 4 is 11.9 Å². The number of carbonyl (C=O) groups is 2. The summed E-state index contributed by atoms with van der Waals surface area (Å²) in [5.41, 5.74) is 0. The van der Waals surface area contributed by atoms with Crippen LogP contribution < -0.4 is 0 Å². The Morgan fingerprint density at radius 1 is 0.426 bits per heavy atom. The number of carbonyl (C=O) groups excluding carboxylic acids is 2. The molecule has 1 atom stereocenters. The number of allylic oxidation sites excluding steroid dienone is 8. The number of esters is 2. The summed E-state index contributed by atoms with van der Waals surface area (Å²) < 4.78 is 17.3. The fraction of sp³-hybridized carbons (Fsp3) is 0.796. The van der Waals surface area contributed by atoms with Crippen LogP contribution >= 0.6 is 0 Å². The van der Waals surface area contributed by atoms with E-state index in [9.17, 15) is 9.59 Å². The third kappa shape index (κ3) is 42.6. The highest BCUT2D eigenvalue weighted by Gasteiger charge is 2.17. The first-order valence-electron chi connectivity index (χ1n) is 23.2. The van der Waals surface area contributed by atoms with Crippen LogP contribution in [0, 0.1) is 0 Å². The van der Waals surface area contributed by atoms with Crippen molar-refractivity contribution in [1.82, 2.24) is 0 Å². The lowest BCUT2D eigenvalue weighted by atomic mass is 10.1. The van der Waals surface area contributed by atoms with Gasteiger partial charge in [0, 0.05) is 19.4 Å². The van der Waals surface area contributed by atoms with E-state index in [0.29, 0.717) is 19.4 Å². The fourth-order valence-electron chi connectivity index (χ4n) is 6.40. The summed E-state index contributed by atoms with van der Waals surface area (Å²) in [6, 6.07) is 0. The topological polar surface area (TPSA) is 61.8 Å². The maximum Gasteiger partial charge on any atom is 0.306 e. The summed E-state index contributed by atoms with van der Waals surface area (Å²) in [5, 5.41) is 0. The molecule has 0 aromatic rings. The van der Waals surface area contributed by atoms with Gasteiger partial charge in [-0.05, 0) is 77.0 Å². The second-order valence-corrected chi connectivity index (χ2v) is 15.3. The molecule has 0 saturated heterocycles. The summed E-state index contributed by atoms with van der Waals surface area (Å²) in [6.07, 6.45) is 53.9. The van der Waals surface area contributed by atoms with Gasteiger partial charge in [0.2, 0.25) is 0 Å². The average molecular weight is 757 g/mol. The van der Waals surface area contributed by atoms with Crippen molar-refractivity contribution in [2.24, 2.45) is 0 Å². The van der Waals surface area contributed by atoms with Crippen molar-refractivity contribution in [1.29, 1.82) is 0 Å². The van der Waals surface area contributed by atoms with Crippen molar-refractivity contribution in [3.63, 3.8) is 0 Å². The van der Waals surface area contributed by atoms with Crippen molar-refractivity contribution in [2.45, 2.75) is 232 Å². The normalized spacial score (nSPS) is 12.6. The van der Waals surface area contributed by atoms with Crippen molar-refractivity contribution in [2.75, 3.05) is 19.8 Å². The molecule has 314 valence electrons. The van der Waals surface area contributed by atoms with E-state index >= 15 is 0 Å². The number of unbranched alkanes of at least 4 members (excludes halogenated alkanes) is 23. The highest BCUT2D eigenvalue weighted by Crippen LogP contribution is 2.14. The number of ether oxygens (including phenoxy) is 3. The van der Waals surface area contributed by atoms with Gasteiger partial charge in [0.05, 0.1) is 6.61 Å². The van der Waals surface area contributed by atoms with Gasteiger partial charge < -0.3 is 14.2 Å². The third-order valence-corrected chi connectivity index (χ3v) is 9.85. The predicted octanol–water partition coefficient (Wildman–Crippen LogP) is 15.2. The van der Waals surface area contributed by atoms with E-state index in [1.165, 1.54) is 116 Å². The molecular weight excluding hydrogens is 669 g/mol. The Labute approximate surface area is 335 Å². The molecule has 0 bridgehead atoms. The molecule has 0 heterocycles. The summed E-state index contributed by atoms with van der Waals surface area (Å²) in [7, 11) is 0. The molecule has 0 rings (SSSR count). The maximum absolute atomic E-state index is 12.7. The number of rotatable bonds is 42. The average Bonchev–Trinajstić information content (AvgIpc) is 3.17. The molecule has 0 aromatic carbocycles. The van der Waals surface area contributed by atoms with E-state index < -0.39 is 6.10 Å². The zero-order chi connectivity index (χ0) is 39.3. The fourth-order valence-corrected chi connectivity index (χ4v) is 6.40. The van der Waals surface area contributed by atoms with Crippen LogP contribution in [0.3, 0.4) is 0 Å². The largest absolute Gasteiger partial charge is 0.462 e. The zero-order valence-electron chi connectivity index (χ0n) is 36.0. The molecular formula is C49H88O5. The smallest absolute Gasteiger partial charge is 0.306 e. The van der Waals surface area contributed by atoms with Crippen LogP contribution in [-0.2, 0) is 23.8 Å². The number of hydrogen-bond donors (Lipinski definition) is 0. The van der Waals surface area contributed by atoms with Gasteiger partial charge in [-0.15, -0.1) is 0 Å². The molecule has 0 aliphatic heterocycles. The van der Waals surface area contributed by atoms with Crippen LogP contribution in [0.15, 0.2) is 48.6 Å². The van der Waals surface area contributed by atoms with Gasteiger partial charge in [-0.25, -0.2) is 0 Å². The Morgan fingerprint density at radius 2 is 0.833 bits per heavy atom. The molecule has 0 radical (unpaired) electrons. The molecule has 0 saturated carbocycles. The zero-order valence-corrected chi connectivity index (χ0v) is 36.0. The van der Waals surface area contributed by atoms with E-state index in [0.717, 1.165) is 77.0 Å². The van der Waals surface area contributed by atoms with Crippen LogP contribution in [0.25, 0.3) is 0 Å². The van der Waals surface area contributed by atoms with Crippen LogP contribution in [0.1, 0.15) is 226 Å². The number of hydrogen-bond acceptors (Lipinski definition) is 5.